The van der Waals surface area contributed by atoms with Gasteiger partial charge in [-0.2, -0.15) is 10.9 Å². The maximum absolute atomic E-state index is 4.05. The van der Waals surface area contributed by atoms with Gasteiger partial charge in [0.1, 0.15) is 6.20 Å². The molecule has 0 saturated carbocycles. The van der Waals surface area contributed by atoms with Gasteiger partial charge < -0.3 is 0 Å². The molecule has 46 valence electrons. The van der Waals surface area contributed by atoms with Crippen molar-refractivity contribution in [3.63, 3.8) is 0 Å². The molecular weight excluding hydrogens is 116 g/mol. The summed E-state index contributed by atoms with van der Waals surface area (Å²) < 4.78 is 1.99. The number of hydrazine groups is 1. The maximum atomic E-state index is 4.05. The molecule has 1 aromatic heterocycles. The van der Waals surface area contributed by atoms with Crippen LogP contribution in [0.1, 0.15) is 0 Å². The zero-order valence-electron chi connectivity index (χ0n) is 4.83. The molecule has 2 rings (SSSR count). The Morgan fingerprint density at radius 1 is 1.67 bits per heavy atom. The molecule has 0 saturated heterocycles. The van der Waals surface area contributed by atoms with Crippen LogP contribution >= 0.6 is 0 Å². The van der Waals surface area contributed by atoms with Gasteiger partial charge in [-0.1, -0.05) is 4.98 Å². The van der Waals surface area contributed by atoms with E-state index in [2.05, 4.69) is 15.8 Å². The molecule has 2 N–H and O–H groups in total. The predicted molar refractivity (Wildman–Crippen MR) is 31.2 cm³/mol. The summed E-state index contributed by atoms with van der Waals surface area (Å²) in [5, 5.41) is 0. The highest BCUT2D eigenvalue weighted by Crippen LogP contribution is 1.92. The molecule has 0 fully saturated rings. The van der Waals surface area contributed by atoms with Gasteiger partial charge in [0.2, 0.25) is 0 Å². The molecule has 9 heavy (non-hydrogen) atoms. The molecule has 0 radical (unpaired) electrons. The van der Waals surface area contributed by atoms with Gasteiger partial charge in [-0.15, -0.1) is 0 Å². The lowest BCUT2D eigenvalue weighted by Gasteiger charge is -1.85. The molecule has 0 unspecified atom stereocenters. The normalized spacial score (nSPS) is 14.7. The topological polar surface area (TPSA) is 40.8 Å². The zero-order chi connectivity index (χ0) is 6.10. The maximum Gasteiger partial charge on any atom is 0.409 e. The quantitative estimate of drug-likeness (QED) is 0.446. The Bertz CT molecular complexity index is 199. The van der Waals surface area contributed by atoms with Crippen molar-refractivity contribution in [3.8, 4) is 0 Å². The summed E-state index contributed by atoms with van der Waals surface area (Å²) >= 11 is 0. The van der Waals surface area contributed by atoms with E-state index in [0.29, 0.717) is 0 Å². The second-order valence-electron chi connectivity index (χ2n) is 1.87. The summed E-state index contributed by atoms with van der Waals surface area (Å²) in [6.45, 7) is 0.795. The molecule has 0 bridgehead atoms. The molecule has 4 nitrogen and oxygen atoms in total. The monoisotopic (exact) mass is 123 g/mol. The number of nitrogens with one attached hydrogen (secondary N) is 2. The standard InChI is InChI=1S/C5H6N4/c1-2-6-5-8-7-4-9(5)3-1/h1-3,7H,4H2/p+1. The van der Waals surface area contributed by atoms with Crippen molar-refractivity contribution in [2.75, 3.05) is 5.43 Å². The Labute approximate surface area is 52.5 Å². The summed E-state index contributed by atoms with van der Waals surface area (Å²) in [6.07, 6.45) is 3.72. The first kappa shape index (κ1) is 4.69. The van der Waals surface area contributed by atoms with Crippen molar-refractivity contribution in [2.24, 2.45) is 0 Å². The Morgan fingerprint density at radius 2 is 2.67 bits per heavy atom. The molecule has 0 spiro atoms. The van der Waals surface area contributed by atoms with Gasteiger partial charge in [0.25, 0.3) is 0 Å². The van der Waals surface area contributed by atoms with Crippen molar-refractivity contribution >= 4 is 5.95 Å². The van der Waals surface area contributed by atoms with Crippen LogP contribution in [0.15, 0.2) is 18.5 Å². The first-order valence-electron chi connectivity index (χ1n) is 2.80. The number of hydrogen-bond acceptors (Lipinski definition) is 3. The second-order valence-corrected chi connectivity index (χ2v) is 1.87. The molecule has 1 aliphatic rings. The van der Waals surface area contributed by atoms with Gasteiger partial charge >= 0.3 is 5.95 Å². The molecule has 1 aromatic rings. The lowest BCUT2D eigenvalue weighted by atomic mass is 10.6. The fourth-order valence-electron chi connectivity index (χ4n) is 0.836. The van der Waals surface area contributed by atoms with Crippen LogP contribution in [0.3, 0.4) is 0 Å². The van der Waals surface area contributed by atoms with Crippen LogP contribution in [-0.2, 0) is 6.67 Å². The molecule has 2 heterocycles. The number of nitrogens with zero attached hydrogens (tertiary/aromatic N) is 2. The molecule has 0 aliphatic carbocycles. The molecule has 0 atom stereocenters. The summed E-state index contributed by atoms with van der Waals surface area (Å²) in [4.78, 5) is 4.05. The number of fused-ring (bicyclic) bond motifs is 1. The minimum absolute atomic E-state index is 0.795. The first-order valence-corrected chi connectivity index (χ1v) is 2.80. The number of hydrogen-bond donors (Lipinski definition) is 2. The Hall–Kier alpha value is -1.16. The largest absolute Gasteiger partial charge is 0.409 e. The van der Waals surface area contributed by atoms with Crippen LogP contribution in [0.25, 0.3) is 0 Å². The van der Waals surface area contributed by atoms with Crippen LogP contribution in [0, 0.1) is 0 Å². The van der Waals surface area contributed by atoms with E-state index in [-0.39, 0.29) is 0 Å². The molecule has 0 amide bonds. The number of rotatable bonds is 0. The summed E-state index contributed by atoms with van der Waals surface area (Å²) in [6, 6.07) is 1.90. The van der Waals surface area contributed by atoms with Gasteiger partial charge in [-0.3, -0.25) is 0 Å². The summed E-state index contributed by atoms with van der Waals surface area (Å²) in [5.74, 6) is 0.873. The third-order valence-corrected chi connectivity index (χ3v) is 1.27. The molecule has 4 heteroatoms. The minimum atomic E-state index is 0.795. The highest BCUT2D eigenvalue weighted by molar-refractivity contribution is 5.13. The van der Waals surface area contributed by atoms with Crippen molar-refractivity contribution in [1.82, 2.24) is 10.4 Å². The fraction of sp³-hybridized carbons (Fsp3) is 0.200. The van der Waals surface area contributed by atoms with E-state index in [1.54, 1.807) is 6.20 Å². The van der Waals surface area contributed by atoms with Crippen LogP contribution in [-0.4, -0.2) is 4.98 Å². The van der Waals surface area contributed by atoms with Crippen molar-refractivity contribution in [3.05, 3.63) is 18.5 Å². The van der Waals surface area contributed by atoms with Crippen LogP contribution in [0.4, 0.5) is 5.95 Å². The van der Waals surface area contributed by atoms with Gasteiger partial charge in [0.05, 0.1) is 6.20 Å². The lowest BCUT2D eigenvalue weighted by Crippen LogP contribution is -2.32. The number of anilines is 1. The molecular formula is C5H7N4+. The first-order chi connectivity index (χ1) is 4.47. The van der Waals surface area contributed by atoms with E-state index in [0.717, 1.165) is 12.6 Å². The molecule has 0 aromatic carbocycles. The predicted octanol–water partition coefficient (Wildman–Crippen LogP) is -0.743. The van der Waals surface area contributed by atoms with Gasteiger partial charge in [-0.25, -0.2) is 4.57 Å². The minimum Gasteiger partial charge on any atom is -0.218 e. The van der Waals surface area contributed by atoms with Crippen LogP contribution < -0.4 is 15.4 Å². The van der Waals surface area contributed by atoms with E-state index >= 15 is 0 Å². The van der Waals surface area contributed by atoms with Crippen LogP contribution in [0.5, 0.6) is 0 Å². The van der Waals surface area contributed by atoms with Gasteiger partial charge in [-0.05, 0) is 0 Å². The van der Waals surface area contributed by atoms with E-state index in [9.17, 15) is 0 Å². The van der Waals surface area contributed by atoms with E-state index in [4.69, 9.17) is 0 Å². The van der Waals surface area contributed by atoms with E-state index in [1.807, 2.05) is 16.8 Å². The highest BCUT2D eigenvalue weighted by atomic mass is 15.5. The van der Waals surface area contributed by atoms with Crippen LogP contribution in [0.2, 0.25) is 0 Å². The smallest absolute Gasteiger partial charge is 0.218 e. The zero-order valence-corrected chi connectivity index (χ0v) is 4.83. The van der Waals surface area contributed by atoms with Crippen molar-refractivity contribution < 1.29 is 4.57 Å². The van der Waals surface area contributed by atoms with E-state index in [1.165, 1.54) is 0 Å². The van der Waals surface area contributed by atoms with Gasteiger partial charge in [0.15, 0.2) is 6.67 Å². The average molecular weight is 123 g/mol. The third kappa shape index (κ3) is 0.639. The Kier molecular flexibility index (Phi) is 0.868. The third-order valence-electron chi connectivity index (χ3n) is 1.27. The van der Waals surface area contributed by atoms with Crippen molar-refractivity contribution in [1.29, 1.82) is 0 Å². The summed E-state index contributed by atoms with van der Waals surface area (Å²) in [7, 11) is 0. The Morgan fingerprint density at radius 3 is 3.56 bits per heavy atom. The van der Waals surface area contributed by atoms with Crippen molar-refractivity contribution in [2.45, 2.75) is 6.67 Å². The fourth-order valence-corrected chi connectivity index (χ4v) is 0.836. The summed E-state index contributed by atoms with van der Waals surface area (Å²) in [5.41, 5.74) is 5.84. The SMILES string of the molecule is c1cnc2[n+](c1)CNN2. The van der Waals surface area contributed by atoms with E-state index < -0.39 is 0 Å². The Balaban J connectivity index is 2.54. The number of aromatic nitrogens is 2. The average Bonchev–Trinajstić information content (AvgIpc) is 2.33. The molecule has 1 aliphatic heterocycles. The van der Waals surface area contributed by atoms with Gasteiger partial charge in [0, 0.05) is 6.07 Å². The lowest BCUT2D eigenvalue weighted by molar-refractivity contribution is -0.678. The highest BCUT2D eigenvalue weighted by Gasteiger charge is 2.14. The second kappa shape index (κ2) is 1.66.